The number of nitrogens with one attached hydrogen (secondary N) is 2. The van der Waals surface area contributed by atoms with E-state index in [1.807, 2.05) is 55.6 Å². The van der Waals surface area contributed by atoms with E-state index in [4.69, 9.17) is 15.2 Å². The molecule has 2 rings (SSSR count). The molecule has 0 aliphatic heterocycles. The fraction of sp³-hybridized carbons (Fsp3) is 0.300. The standard InChI is InChI=1S/C20H25N3O4/c1-23(12-11-14-9-10-16(26-2)17(13-14)27-3)18(19(24)22-20(21)25)15-7-5-4-6-8-15/h4-10,13,18H,11-12H2,1-3H3,(H3,21,22,24,25)/p+1/t18-/m1/s1. The number of urea groups is 1. The van der Waals surface area contributed by atoms with Gasteiger partial charge in [-0.15, -0.1) is 0 Å². The van der Waals surface area contributed by atoms with E-state index in [1.54, 1.807) is 14.2 Å². The lowest BCUT2D eigenvalue weighted by molar-refractivity contribution is -0.902. The van der Waals surface area contributed by atoms with Crippen LogP contribution in [0.3, 0.4) is 0 Å². The fourth-order valence-corrected chi connectivity index (χ4v) is 3.02. The number of methoxy groups -OCH3 is 2. The highest BCUT2D eigenvalue weighted by Gasteiger charge is 2.29. The number of quaternary nitrogens is 1. The monoisotopic (exact) mass is 372 g/mol. The number of carbonyl (C=O) groups is 2. The largest absolute Gasteiger partial charge is 0.493 e. The van der Waals surface area contributed by atoms with Crippen molar-refractivity contribution in [1.82, 2.24) is 5.32 Å². The summed E-state index contributed by atoms with van der Waals surface area (Å²) in [6.07, 6.45) is 0.722. The number of hydrogen-bond donors (Lipinski definition) is 3. The first-order chi connectivity index (χ1) is 13.0. The smallest absolute Gasteiger partial charge is 0.319 e. The van der Waals surface area contributed by atoms with E-state index in [1.165, 1.54) is 0 Å². The van der Waals surface area contributed by atoms with Gasteiger partial charge in [-0.1, -0.05) is 36.4 Å². The van der Waals surface area contributed by atoms with Gasteiger partial charge in [-0.2, -0.15) is 0 Å². The molecule has 27 heavy (non-hydrogen) atoms. The minimum Gasteiger partial charge on any atom is -0.493 e. The van der Waals surface area contributed by atoms with Gasteiger partial charge in [0.2, 0.25) is 0 Å². The van der Waals surface area contributed by atoms with Gasteiger partial charge in [0.1, 0.15) is 0 Å². The second-order valence-electron chi connectivity index (χ2n) is 6.23. The zero-order valence-corrected chi connectivity index (χ0v) is 15.8. The van der Waals surface area contributed by atoms with E-state index in [-0.39, 0.29) is 0 Å². The highest BCUT2D eigenvalue weighted by atomic mass is 16.5. The van der Waals surface area contributed by atoms with Gasteiger partial charge in [0, 0.05) is 12.0 Å². The minimum absolute atomic E-state index is 0.418. The lowest BCUT2D eigenvalue weighted by atomic mass is 10.0. The van der Waals surface area contributed by atoms with Gasteiger partial charge < -0.3 is 20.1 Å². The predicted octanol–water partition coefficient (Wildman–Crippen LogP) is 0.697. The molecule has 0 saturated carbocycles. The summed E-state index contributed by atoms with van der Waals surface area (Å²) in [7, 11) is 5.11. The summed E-state index contributed by atoms with van der Waals surface area (Å²) < 4.78 is 10.6. The average molecular weight is 372 g/mol. The van der Waals surface area contributed by atoms with Crippen LogP contribution >= 0.6 is 0 Å². The maximum Gasteiger partial charge on any atom is 0.319 e. The lowest BCUT2D eigenvalue weighted by Gasteiger charge is -2.24. The van der Waals surface area contributed by atoms with Crippen LogP contribution in [0, 0.1) is 0 Å². The van der Waals surface area contributed by atoms with E-state index >= 15 is 0 Å². The number of nitrogens with two attached hydrogens (primary N) is 1. The van der Waals surface area contributed by atoms with Gasteiger partial charge in [-0.25, -0.2) is 4.79 Å². The summed E-state index contributed by atoms with van der Waals surface area (Å²) >= 11 is 0. The molecule has 0 bridgehead atoms. The van der Waals surface area contributed by atoms with E-state index < -0.39 is 18.0 Å². The molecule has 0 fully saturated rings. The molecule has 2 atom stereocenters. The fourth-order valence-electron chi connectivity index (χ4n) is 3.02. The Bertz CT molecular complexity index is 780. The molecule has 3 amide bonds. The van der Waals surface area contributed by atoms with Crippen LogP contribution in [0.2, 0.25) is 0 Å². The number of imide groups is 1. The summed E-state index contributed by atoms with van der Waals surface area (Å²) in [5, 5.41) is 2.20. The molecule has 2 aromatic carbocycles. The molecule has 0 spiro atoms. The van der Waals surface area contributed by atoms with Crippen LogP contribution in [0.1, 0.15) is 17.2 Å². The number of likely N-dealkylation sites (N-methyl/N-ethyl adjacent to an activating group) is 1. The predicted molar refractivity (Wildman–Crippen MR) is 102 cm³/mol. The Morgan fingerprint density at radius 2 is 1.74 bits per heavy atom. The van der Waals surface area contributed by atoms with Crippen LogP contribution in [0.15, 0.2) is 48.5 Å². The average Bonchev–Trinajstić information content (AvgIpc) is 2.66. The number of amides is 3. The van der Waals surface area contributed by atoms with Gasteiger partial charge in [-0.3, -0.25) is 10.1 Å². The zero-order valence-electron chi connectivity index (χ0n) is 15.8. The molecule has 1 unspecified atom stereocenters. The maximum absolute atomic E-state index is 12.5. The normalized spacial score (nSPS) is 12.7. The Balaban J connectivity index is 2.15. The maximum atomic E-state index is 12.5. The zero-order chi connectivity index (χ0) is 19.8. The van der Waals surface area contributed by atoms with Crippen molar-refractivity contribution in [1.29, 1.82) is 0 Å². The molecule has 2 aromatic rings. The van der Waals surface area contributed by atoms with Crippen LogP contribution in [-0.4, -0.2) is 39.8 Å². The second kappa shape index (κ2) is 9.59. The molecule has 7 nitrogen and oxygen atoms in total. The summed E-state index contributed by atoms with van der Waals surface area (Å²) in [5.74, 6) is 0.919. The minimum atomic E-state index is -0.853. The Kier molecular flexibility index (Phi) is 7.19. The SMILES string of the molecule is COc1ccc(CC[NH+](C)[C@@H](C(=O)NC(N)=O)c2ccccc2)cc1OC. The van der Waals surface area contributed by atoms with E-state index in [2.05, 4.69) is 5.32 Å². The molecule has 0 radical (unpaired) electrons. The third-order valence-corrected chi connectivity index (χ3v) is 4.39. The van der Waals surface area contributed by atoms with Gasteiger partial charge in [0.05, 0.1) is 27.8 Å². The summed E-state index contributed by atoms with van der Waals surface area (Å²) in [5.41, 5.74) is 7.01. The Morgan fingerprint density at radius 3 is 2.33 bits per heavy atom. The first-order valence-corrected chi connectivity index (χ1v) is 8.64. The molecule has 0 aliphatic rings. The van der Waals surface area contributed by atoms with Crippen molar-refractivity contribution in [3.05, 3.63) is 59.7 Å². The highest BCUT2D eigenvalue weighted by Crippen LogP contribution is 2.27. The van der Waals surface area contributed by atoms with E-state index in [0.29, 0.717) is 18.0 Å². The molecular formula is C20H26N3O4+. The van der Waals surface area contributed by atoms with Crippen molar-refractivity contribution in [3.63, 3.8) is 0 Å². The molecule has 0 heterocycles. The Hall–Kier alpha value is -3.06. The van der Waals surface area contributed by atoms with Gasteiger partial charge in [0.15, 0.2) is 17.5 Å². The number of hydrogen-bond acceptors (Lipinski definition) is 4. The van der Waals surface area contributed by atoms with Crippen LogP contribution < -0.4 is 25.4 Å². The summed E-state index contributed by atoms with van der Waals surface area (Å²) in [6.45, 7) is 0.668. The summed E-state index contributed by atoms with van der Waals surface area (Å²) in [4.78, 5) is 24.6. The quantitative estimate of drug-likeness (QED) is 0.636. The molecule has 0 aromatic heterocycles. The molecule has 4 N–H and O–H groups in total. The second-order valence-corrected chi connectivity index (χ2v) is 6.23. The van der Waals surface area contributed by atoms with Crippen LogP contribution in [0.25, 0.3) is 0 Å². The highest BCUT2D eigenvalue weighted by molar-refractivity contribution is 5.96. The van der Waals surface area contributed by atoms with Gasteiger partial charge in [-0.05, 0) is 17.7 Å². The van der Waals surface area contributed by atoms with Crippen molar-refractivity contribution < 1.29 is 24.0 Å². The molecular weight excluding hydrogens is 346 g/mol. The van der Waals surface area contributed by atoms with Crippen molar-refractivity contribution in [3.8, 4) is 11.5 Å². The lowest BCUT2D eigenvalue weighted by Crippen LogP contribution is -3.11. The first kappa shape index (κ1) is 20.3. The molecule has 0 aliphatic carbocycles. The van der Waals surface area contributed by atoms with Gasteiger partial charge >= 0.3 is 6.03 Å². The molecule has 0 saturated heterocycles. The number of ether oxygens (including phenoxy) is 2. The third-order valence-electron chi connectivity index (χ3n) is 4.39. The number of rotatable bonds is 8. The van der Waals surface area contributed by atoms with E-state index in [0.717, 1.165) is 22.4 Å². The Morgan fingerprint density at radius 1 is 1.07 bits per heavy atom. The van der Waals surface area contributed by atoms with Crippen LogP contribution in [-0.2, 0) is 11.2 Å². The topological polar surface area (TPSA) is 95.1 Å². The Labute approximate surface area is 159 Å². The number of carbonyl (C=O) groups excluding carboxylic acids is 2. The van der Waals surface area contributed by atoms with Crippen molar-refractivity contribution in [2.75, 3.05) is 27.8 Å². The number of benzene rings is 2. The van der Waals surface area contributed by atoms with Crippen LogP contribution in [0.5, 0.6) is 11.5 Å². The molecule has 144 valence electrons. The number of primary amides is 1. The van der Waals surface area contributed by atoms with Gasteiger partial charge in [0.25, 0.3) is 5.91 Å². The molecule has 7 heteroatoms. The van der Waals surface area contributed by atoms with Crippen LogP contribution in [0.4, 0.5) is 4.79 Å². The van der Waals surface area contributed by atoms with Crippen molar-refractivity contribution in [2.24, 2.45) is 5.73 Å². The van der Waals surface area contributed by atoms with Crippen molar-refractivity contribution in [2.45, 2.75) is 12.5 Å². The summed E-state index contributed by atoms with van der Waals surface area (Å²) in [6, 6.07) is 13.7. The third kappa shape index (κ3) is 5.46. The van der Waals surface area contributed by atoms with Crippen molar-refractivity contribution >= 4 is 11.9 Å². The van der Waals surface area contributed by atoms with E-state index in [9.17, 15) is 9.59 Å². The first-order valence-electron chi connectivity index (χ1n) is 8.64.